The van der Waals surface area contributed by atoms with E-state index in [1.807, 2.05) is 0 Å². The largest absolute Gasteiger partial charge is 0.354 e. The molecule has 2 heterocycles. The molecule has 6 aromatic rings. The van der Waals surface area contributed by atoms with Crippen LogP contribution in [0.25, 0.3) is 54.7 Å². The van der Waals surface area contributed by atoms with Crippen LogP contribution in [0.5, 0.6) is 0 Å². The van der Waals surface area contributed by atoms with E-state index in [-0.39, 0.29) is 0 Å². The van der Waals surface area contributed by atoms with E-state index in [1.165, 1.54) is 54.7 Å². The van der Waals surface area contributed by atoms with E-state index >= 15 is 0 Å². The van der Waals surface area contributed by atoms with Crippen molar-refractivity contribution in [1.82, 2.24) is 9.97 Å². The first-order valence-electron chi connectivity index (χ1n) is 8.89. The molecule has 2 aromatic heterocycles. The number of hydrogen-bond acceptors (Lipinski definition) is 0. The SMILES string of the molecule is c1ccc2c(c1)[nH]c1cccc(-c3cccc4[nH]c5ccccc5c34)c12. The van der Waals surface area contributed by atoms with E-state index in [1.54, 1.807) is 0 Å². The molecule has 0 saturated heterocycles. The van der Waals surface area contributed by atoms with E-state index in [0.717, 1.165) is 0 Å². The van der Waals surface area contributed by atoms with Crippen LogP contribution >= 0.6 is 0 Å². The zero-order valence-electron chi connectivity index (χ0n) is 14.1. The highest BCUT2D eigenvalue weighted by Crippen LogP contribution is 2.39. The van der Waals surface area contributed by atoms with Crippen LogP contribution in [0.2, 0.25) is 0 Å². The molecule has 0 bridgehead atoms. The zero-order valence-corrected chi connectivity index (χ0v) is 14.1. The summed E-state index contributed by atoms with van der Waals surface area (Å²) in [7, 11) is 0. The van der Waals surface area contributed by atoms with Gasteiger partial charge in [-0.3, -0.25) is 0 Å². The molecule has 2 N–H and O–H groups in total. The lowest BCUT2D eigenvalue weighted by molar-refractivity contribution is 1.54. The van der Waals surface area contributed by atoms with Crippen molar-refractivity contribution < 1.29 is 0 Å². The number of rotatable bonds is 1. The Bertz CT molecular complexity index is 1320. The van der Waals surface area contributed by atoms with Gasteiger partial charge in [0, 0.05) is 43.6 Å². The van der Waals surface area contributed by atoms with Crippen molar-refractivity contribution in [3.8, 4) is 11.1 Å². The Balaban J connectivity index is 1.82. The van der Waals surface area contributed by atoms with Crippen molar-refractivity contribution in [3.05, 3.63) is 84.9 Å². The van der Waals surface area contributed by atoms with Crippen molar-refractivity contribution in [2.75, 3.05) is 0 Å². The molecule has 0 radical (unpaired) electrons. The van der Waals surface area contributed by atoms with Crippen LogP contribution in [0.3, 0.4) is 0 Å². The van der Waals surface area contributed by atoms with Crippen molar-refractivity contribution in [3.63, 3.8) is 0 Å². The zero-order chi connectivity index (χ0) is 17.1. The second-order valence-electron chi connectivity index (χ2n) is 6.80. The summed E-state index contributed by atoms with van der Waals surface area (Å²) in [6, 6.07) is 30.1. The highest BCUT2D eigenvalue weighted by Gasteiger charge is 2.14. The molecule has 0 fully saturated rings. The van der Waals surface area contributed by atoms with E-state index in [9.17, 15) is 0 Å². The standard InChI is InChI=1S/C24H16N2/c1-3-11-19-17(7-1)23-15(9-5-13-21(23)25-19)16-10-6-14-22-24(16)18-8-2-4-12-20(18)26-22/h1-14,25-26H. The van der Waals surface area contributed by atoms with Gasteiger partial charge in [0.2, 0.25) is 0 Å². The van der Waals surface area contributed by atoms with Crippen molar-refractivity contribution >= 4 is 43.6 Å². The third-order valence-corrected chi connectivity index (χ3v) is 5.35. The van der Waals surface area contributed by atoms with E-state index in [4.69, 9.17) is 0 Å². The van der Waals surface area contributed by atoms with Gasteiger partial charge in [-0.2, -0.15) is 0 Å². The van der Waals surface area contributed by atoms with Crippen LogP contribution in [0.1, 0.15) is 0 Å². The van der Waals surface area contributed by atoms with Gasteiger partial charge in [0.05, 0.1) is 0 Å². The molecule has 122 valence electrons. The van der Waals surface area contributed by atoms with Crippen LogP contribution in [-0.2, 0) is 0 Å². The topological polar surface area (TPSA) is 31.6 Å². The Labute approximate surface area is 150 Å². The number of para-hydroxylation sites is 2. The molecule has 6 rings (SSSR count). The van der Waals surface area contributed by atoms with Crippen molar-refractivity contribution in [2.24, 2.45) is 0 Å². The number of nitrogens with one attached hydrogen (secondary N) is 2. The summed E-state index contributed by atoms with van der Waals surface area (Å²) < 4.78 is 0. The van der Waals surface area contributed by atoms with E-state index in [2.05, 4.69) is 94.9 Å². The van der Waals surface area contributed by atoms with Gasteiger partial charge >= 0.3 is 0 Å². The molecule has 2 nitrogen and oxygen atoms in total. The first kappa shape index (κ1) is 13.7. The minimum atomic E-state index is 1.18. The number of aromatic nitrogens is 2. The summed E-state index contributed by atoms with van der Waals surface area (Å²) in [6.45, 7) is 0. The lowest BCUT2D eigenvalue weighted by Gasteiger charge is -2.07. The molecule has 0 spiro atoms. The minimum absolute atomic E-state index is 1.18. The maximum Gasteiger partial charge on any atom is 0.0471 e. The van der Waals surface area contributed by atoms with Gasteiger partial charge in [-0.25, -0.2) is 0 Å². The summed E-state index contributed by atoms with van der Waals surface area (Å²) in [6.07, 6.45) is 0. The average molecular weight is 332 g/mol. The van der Waals surface area contributed by atoms with Gasteiger partial charge in [-0.15, -0.1) is 0 Å². The van der Waals surface area contributed by atoms with Crippen molar-refractivity contribution in [2.45, 2.75) is 0 Å². The molecule has 0 unspecified atom stereocenters. The summed E-state index contributed by atoms with van der Waals surface area (Å²) >= 11 is 0. The monoisotopic (exact) mass is 332 g/mol. The molecule has 0 aliphatic rings. The quantitative estimate of drug-likeness (QED) is 0.339. The van der Waals surface area contributed by atoms with E-state index < -0.39 is 0 Å². The van der Waals surface area contributed by atoms with Gasteiger partial charge in [0.15, 0.2) is 0 Å². The molecule has 2 heteroatoms. The Morgan fingerprint density at radius 3 is 1.31 bits per heavy atom. The third-order valence-electron chi connectivity index (χ3n) is 5.35. The first-order chi connectivity index (χ1) is 12.9. The first-order valence-corrected chi connectivity index (χ1v) is 8.89. The molecule has 26 heavy (non-hydrogen) atoms. The Morgan fingerprint density at radius 1 is 0.385 bits per heavy atom. The Hall–Kier alpha value is -3.52. The molecule has 0 aliphatic carbocycles. The highest BCUT2D eigenvalue weighted by molar-refractivity contribution is 6.20. The normalized spacial score (nSPS) is 11.8. The minimum Gasteiger partial charge on any atom is -0.354 e. The number of aromatic amines is 2. The van der Waals surface area contributed by atoms with Crippen LogP contribution in [0, 0.1) is 0 Å². The predicted molar refractivity (Wildman–Crippen MR) is 111 cm³/mol. The molecule has 0 aliphatic heterocycles. The average Bonchev–Trinajstić information content (AvgIpc) is 3.26. The summed E-state index contributed by atoms with van der Waals surface area (Å²) in [4.78, 5) is 7.12. The molecule has 0 atom stereocenters. The number of benzene rings is 4. The van der Waals surface area contributed by atoms with Crippen LogP contribution in [-0.4, -0.2) is 9.97 Å². The molecule has 0 saturated carbocycles. The van der Waals surface area contributed by atoms with Gasteiger partial charge in [-0.1, -0.05) is 60.7 Å². The second kappa shape index (κ2) is 4.99. The van der Waals surface area contributed by atoms with Crippen LogP contribution in [0.4, 0.5) is 0 Å². The predicted octanol–water partition coefficient (Wildman–Crippen LogP) is 6.62. The summed E-state index contributed by atoms with van der Waals surface area (Å²) in [5, 5.41) is 5.13. The number of hydrogen-bond donors (Lipinski definition) is 2. The van der Waals surface area contributed by atoms with Crippen molar-refractivity contribution in [1.29, 1.82) is 0 Å². The van der Waals surface area contributed by atoms with Gasteiger partial charge in [-0.05, 0) is 35.4 Å². The fourth-order valence-electron chi connectivity index (χ4n) is 4.25. The Kier molecular flexibility index (Phi) is 2.64. The lowest BCUT2D eigenvalue weighted by Crippen LogP contribution is -1.81. The maximum absolute atomic E-state index is 3.56. The summed E-state index contributed by atoms with van der Waals surface area (Å²) in [5.41, 5.74) is 7.27. The van der Waals surface area contributed by atoms with Gasteiger partial charge < -0.3 is 9.97 Å². The lowest BCUT2D eigenvalue weighted by atomic mass is 9.95. The summed E-state index contributed by atoms with van der Waals surface area (Å²) in [5.74, 6) is 0. The molecular weight excluding hydrogens is 316 g/mol. The Morgan fingerprint density at radius 2 is 0.808 bits per heavy atom. The number of H-pyrrole nitrogens is 2. The van der Waals surface area contributed by atoms with Crippen LogP contribution in [0.15, 0.2) is 84.9 Å². The smallest absolute Gasteiger partial charge is 0.0471 e. The highest BCUT2D eigenvalue weighted by atomic mass is 14.7. The number of fused-ring (bicyclic) bond motifs is 6. The molecular formula is C24H16N2. The van der Waals surface area contributed by atoms with Gasteiger partial charge in [0.1, 0.15) is 0 Å². The second-order valence-corrected chi connectivity index (χ2v) is 6.80. The van der Waals surface area contributed by atoms with Gasteiger partial charge in [0.25, 0.3) is 0 Å². The maximum atomic E-state index is 3.56. The third kappa shape index (κ3) is 1.76. The fourth-order valence-corrected chi connectivity index (χ4v) is 4.25. The van der Waals surface area contributed by atoms with E-state index in [0.29, 0.717) is 0 Å². The van der Waals surface area contributed by atoms with Crippen LogP contribution < -0.4 is 0 Å². The fraction of sp³-hybridized carbons (Fsp3) is 0. The molecule has 0 amide bonds. The molecule has 4 aromatic carbocycles.